The van der Waals surface area contributed by atoms with Crippen LogP contribution in [-0.2, 0) is 6.54 Å². The molecular formula is C8H9BrN2O2. The highest BCUT2D eigenvalue weighted by molar-refractivity contribution is 9.10. The zero-order chi connectivity index (χ0) is 9.84. The van der Waals surface area contributed by atoms with Crippen LogP contribution in [0.2, 0.25) is 0 Å². The molecule has 0 heterocycles. The first-order valence-electron chi connectivity index (χ1n) is 3.61. The van der Waals surface area contributed by atoms with Crippen molar-refractivity contribution in [2.45, 2.75) is 6.54 Å². The van der Waals surface area contributed by atoms with Crippen molar-refractivity contribution in [3.63, 3.8) is 0 Å². The number of carboxylic acid groups (broad SMARTS) is 1. The molecule has 0 atom stereocenters. The number of nitrogens with two attached hydrogens (primary N) is 1. The number of hydrogen-bond donors (Lipinski definition) is 3. The highest BCUT2D eigenvalue weighted by atomic mass is 79.9. The van der Waals surface area contributed by atoms with E-state index in [1.807, 2.05) is 0 Å². The van der Waals surface area contributed by atoms with Crippen molar-refractivity contribution in [1.82, 2.24) is 5.32 Å². The zero-order valence-electron chi connectivity index (χ0n) is 6.75. The molecule has 4 N–H and O–H groups in total. The number of nitrogen functional groups attached to an aromatic ring is 1. The Balaban J connectivity index is 2.77. The fourth-order valence-electron chi connectivity index (χ4n) is 0.907. The van der Waals surface area contributed by atoms with E-state index in [4.69, 9.17) is 10.8 Å². The summed E-state index contributed by atoms with van der Waals surface area (Å²) in [5, 5.41) is 10.6. The lowest BCUT2D eigenvalue weighted by Gasteiger charge is -2.06. The fourth-order valence-corrected chi connectivity index (χ4v) is 1.31. The molecule has 1 amide bonds. The van der Waals surface area contributed by atoms with Gasteiger partial charge in [0.2, 0.25) is 0 Å². The number of rotatable bonds is 2. The van der Waals surface area contributed by atoms with Crippen LogP contribution in [0.5, 0.6) is 0 Å². The summed E-state index contributed by atoms with van der Waals surface area (Å²) in [5.74, 6) is 0. The maximum atomic E-state index is 10.2. The standard InChI is InChI=1S/C8H9BrN2O2/c9-6-3-1-2-5(7(6)10)4-11-8(12)13/h1-3,11H,4,10H2,(H,12,13). The van der Waals surface area contributed by atoms with Crippen LogP contribution in [0.3, 0.4) is 0 Å². The van der Waals surface area contributed by atoms with Crippen LogP contribution in [-0.4, -0.2) is 11.2 Å². The number of amides is 1. The normalized spacial score (nSPS) is 9.62. The Morgan fingerprint density at radius 3 is 2.92 bits per heavy atom. The largest absolute Gasteiger partial charge is 0.465 e. The van der Waals surface area contributed by atoms with E-state index < -0.39 is 6.09 Å². The van der Waals surface area contributed by atoms with E-state index in [1.54, 1.807) is 18.2 Å². The SMILES string of the molecule is Nc1c(Br)cccc1CNC(=O)O. The van der Waals surface area contributed by atoms with Crippen molar-refractivity contribution in [1.29, 1.82) is 0 Å². The predicted molar refractivity (Wildman–Crippen MR) is 53.4 cm³/mol. The van der Waals surface area contributed by atoms with Gasteiger partial charge >= 0.3 is 6.09 Å². The Kier molecular flexibility index (Phi) is 3.13. The molecule has 1 aromatic rings. The van der Waals surface area contributed by atoms with E-state index in [0.717, 1.165) is 10.0 Å². The quantitative estimate of drug-likeness (QED) is 0.695. The third kappa shape index (κ3) is 2.62. The van der Waals surface area contributed by atoms with Gasteiger partial charge in [-0.15, -0.1) is 0 Å². The molecule has 0 bridgehead atoms. The Bertz CT molecular complexity index is 328. The lowest BCUT2D eigenvalue weighted by atomic mass is 10.2. The molecule has 0 saturated heterocycles. The van der Waals surface area contributed by atoms with Crippen LogP contribution < -0.4 is 11.1 Å². The second kappa shape index (κ2) is 4.13. The summed E-state index contributed by atoms with van der Waals surface area (Å²) >= 11 is 3.25. The number of nitrogens with one attached hydrogen (secondary N) is 1. The third-order valence-electron chi connectivity index (χ3n) is 1.57. The molecule has 0 aliphatic heterocycles. The Morgan fingerprint density at radius 2 is 2.31 bits per heavy atom. The van der Waals surface area contributed by atoms with Gasteiger partial charge in [-0.25, -0.2) is 4.79 Å². The number of halogens is 1. The van der Waals surface area contributed by atoms with E-state index in [2.05, 4.69) is 21.2 Å². The average Bonchev–Trinajstić information content (AvgIpc) is 2.07. The minimum absolute atomic E-state index is 0.223. The van der Waals surface area contributed by atoms with Crippen LogP contribution in [0.1, 0.15) is 5.56 Å². The van der Waals surface area contributed by atoms with E-state index >= 15 is 0 Å². The van der Waals surface area contributed by atoms with Gasteiger partial charge in [-0.05, 0) is 27.6 Å². The average molecular weight is 245 g/mol. The number of para-hydroxylation sites is 1. The first-order valence-corrected chi connectivity index (χ1v) is 4.40. The van der Waals surface area contributed by atoms with Crippen molar-refractivity contribution in [2.24, 2.45) is 0 Å². The van der Waals surface area contributed by atoms with Gasteiger partial charge in [0, 0.05) is 11.0 Å². The lowest BCUT2D eigenvalue weighted by molar-refractivity contribution is 0.194. The van der Waals surface area contributed by atoms with Crippen molar-refractivity contribution in [3.8, 4) is 0 Å². The zero-order valence-corrected chi connectivity index (χ0v) is 8.34. The van der Waals surface area contributed by atoms with E-state index in [9.17, 15) is 4.79 Å². The molecule has 0 spiro atoms. The molecule has 70 valence electrons. The maximum Gasteiger partial charge on any atom is 0.404 e. The number of benzene rings is 1. The smallest absolute Gasteiger partial charge is 0.404 e. The van der Waals surface area contributed by atoms with Crippen molar-refractivity contribution >= 4 is 27.7 Å². The topological polar surface area (TPSA) is 75.3 Å². The summed E-state index contributed by atoms with van der Waals surface area (Å²) in [7, 11) is 0. The molecule has 4 nitrogen and oxygen atoms in total. The number of hydrogen-bond acceptors (Lipinski definition) is 2. The summed E-state index contributed by atoms with van der Waals surface area (Å²) in [6.07, 6.45) is -1.06. The van der Waals surface area contributed by atoms with Crippen molar-refractivity contribution in [3.05, 3.63) is 28.2 Å². The molecule has 0 fully saturated rings. The summed E-state index contributed by atoms with van der Waals surface area (Å²) in [4.78, 5) is 10.2. The van der Waals surface area contributed by atoms with E-state index in [1.165, 1.54) is 0 Å². The molecule has 0 aliphatic carbocycles. The van der Waals surface area contributed by atoms with Gasteiger partial charge < -0.3 is 16.2 Å². The van der Waals surface area contributed by atoms with E-state index in [-0.39, 0.29) is 6.54 Å². The molecule has 1 aromatic carbocycles. The highest BCUT2D eigenvalue weighted by Crippen LogP contribution is 2.22. The fraction of sp³-hybridized carbons (Fsp3) is 0.125. The summed E-state index contributed by atoms with van der Waals surface area (Å²) in [5.41, 5.74) is 7.02. The minimum atomic E-state index is -1.06. The van der Waals surface area contributed by atoms with Gasteiger partial charge in [-0.3, -0.25) is 0 Å². The van der Waals surface area contributed by atoms with Crippen LogP contribution in [0.15, 0.2) is 22.7 Å². The van der Waals surface area contributed by atoms with Crippen LogP contribution >= 0.6 is 15.9 Å². The van der Waals surface area contributed by atoms with Gasteiger partial charge in [0.1, 0.15) is 0 Å². The first kappa shape index (κ1) is 9.85. The van der Waals surface area contributed by atoms with Crippen LogP contribution in [0, 0.1) is 0 Å². The second-order valence-electron chi connectivity index (χ2n) is 2.47. The molecular weight excluding hydrogens is 236 g/mol. The Labute approximate surface area is 83.9 Å². The lowest BCUT2D eigenvalue weighted by Crippen LogP contribution is -2.20. The van der Waals surface area contributed by atoms with Gasteiger partial charge in [0.15, 0.2) is 0 Å². The maximum absolute atomic E-state index is 10.2. The molecule has 1 rings (SSSR count). The van der Waals surface area contributed by atoms with Crippen LogP contribution in [0.25, 0.3) is 0 Å². The minimum Gasteiger partial charge on any atom is -0.465 e. The predicted octanol–water partition coefficient (Wildman–Crippen LogP) is 1.80. The summed E-state index contributed by atoms with van der Waals surface area (Å²) in [6, 6.07) is 5.38. The monoisotopic (exact) mass is 244 g/mol. The molecule has 0 saturated carbocycles. The van der Waals surface area contributed by atoms with Crippen molar-refractivity contribution < 1.29 is 9.90 Å². The summed E-state index contributed by atoms with van der Waals surface area (Å²) in [6.45, 7) is 0.223. The molecule has 5 heteroatoms. The molecule has 0 aromatic heterocycles. The Morgan fingerprint density at radius 1 is 1.62 bits per heavy atom. The highest BCUT2D eigenvalue weighted by Gasteiger charge is 2.03. The third-order valence-corrected chi connectivity index (χ3v) is 2.26. The molecule has 0 radical (unpaired) electrons. The second-order valence-corrected chi connectivity index (χ2v) is 3.33. The summed E-state index contributed by atoms with van der Waals surface area (Å²) < 4.78 is 0.775. The molecule has 0 unspecified atom stereocenters. The van der Waals surface area contributed by atoms with Crippen molar-refractivity contribution in [2.75, 3.05) is 5.73 Å². The van der Waals surface area contributed by atoms with Crippen LogP contribution in [0.4, 0.5) is 10.5 Å². The van der Waals surface area contributed by atoms with E-state index in [0.29, 0.717) is 5.69 Å². The Hall–Kier alpha value is -1.23. The van der Waals surface area contributed by atoms with Gasteiger partial charge in [-0.1, -0.05) is 12.1 Å². The molecule has 13 heavy (non-hydrogen) atoms. The first-order chi connectivity index (χ1) is 6.11. The van der Waals surface area contributed by atoms with Gasteiger partial charge in [0.05, 0.1) is 5.69 Å². The molecule has 0 aliphatic rings. The van der Waals surface area contributed by atoms with Gasteiger partial charge in [0.25, 0.3) is 0 Å². The van der Waals surface area contributed by atoms with Gasteiger partial charge in [-0.2, -0.15) is 0 Å². The number of anilines is 1. The number of carbonyl (C=O) groups is 1.